The van der Waals surface area contributed by atoms with Gasteiger partial charge in [-0.2, -0.15) is 0 Å². The molecule has 0 bridgehead atoms. The van der Waals surface area contributed by atoms with Crippen LogP contribution in [0.15, 0.2) is 127 Å². The Kier molecular flexibility index (Phi) is 4.23. The maximum atomic E-state index is 5.25. The molecule has 0 amide bonds. The van der Waals surface area contributed by atoms with Gasteiger partial charge in [0.05, 0.1) is 22.1 Å². The minimum atomic E-state index is 0.843. The highest BCUT2D eigenvalue weighted by Gasteiger charge is 2.21. The zero-order valence-corrected chi connectivity index (χ0v) is 20.0. The molecule has 0 saturated carbocycles. The molecule has 0 aliphatic rings. The Hall–Kier alpha value is -5.02. The molecule has 0 N–H and O–H groups in total. The van der Waals surface area contributed by atoms with Gasteiger partial charge in [0, 0.05) is 16.3 Å². The van der Waals surface area contributed by atoms with Gasteiger partial charge in [-0.15, -0.1) is 0 Å². The Balaban J connectivity index is 1.62. The summed E-state index contributed by atoms with van der Waals surface area (Å²) in [6, 6.07) is 44.7. The van der Waals surface area contributed by atoms with Crippen molar-refractivity contribution in [3.63, 3.8) is 0 Å². The van der Waals surface area contributed by atoms with Crippen LogP contribution in [0.5, 0.6) is 0 Å². The topological polar surface area (TPSA) is 30.7 Å². The molecule has 0 radical (unpaired) electrons. The quantitative estimate of drug-likeness (QED) is 0.252. The molecular weight excluding hydrogens is 450 g/mol. The van der Waals surface area contributed by atoms with E-state index in [-0.39, 0.29) is 0 Å². The van der Waals surface area contributed by atoms with Crippen molar-refractivity contribution in [3.8, 4) is 17.1 Å². The molecular formula is C34H21N3. The van der Waals surface area contributed by atoms with Crippen LogP contribution in [0.25, 0.3) is 71.5 Å². The SMILES string of the molecule is c1ccc(-c2nc3ccccc3nc2-n2c3ccc4ccccc4c3c3c4ccccc4ccc32)cc1. The normalized spacial score (nSPS) is 11.8. The number of hydrogen-bond donors (Lipinski definition) is 0. The first-order chi connectivity index (χ1) is 18.4. The van der Waals surface area contributed by atoms with Gasteiger partial charge >= 0.3 is 0 Å². The van der Waals surface area contributed by atoms with Crippen LogP contribution in [0.3, 0.4) is 0 Å². The number of fused-ring (bicyclic) bond motifs is 8. The summed E-state index contributed by atoms with van der Waals surface area (Å²) in [6.07, 6.45) is 0. The summed E-state index contributed by atoms with van der Waals surface area (Å²) in [5, 5.41) is 7.45. The second-order valence-corrected chi connectivity index (χ2v) is 9.45. The molecule has 2 heterocycles. The van der Waals surface area contributed by atoms with Crippen molar-refractivity contribution in [3.05, 3.63) is 127 Å². The summed E-state index contributed by atoms with van der Waals surface area (Å²) in [4.78, 5) is 10.4. The molecule has 8 rings (SSSR count). The van der Waals surface area contributed by atoms with E-state index in [0.717, 1.165) is 39.1 Å². The fourth-order valence-corrected chi connectivity index (χ4v) is 5.71. The molecule has 3 nitrogen and oxygen atoms in total. The third-order valence-electron chi connectivity index (χ3n) is 7.36. The molecule has 37 heavy (non-hydrogen) atoms. The molecule has 0 aliphatic heterocycles. The molecule has 0 spiro atoms. The first-order valence-corrected chi connectivity index (χ1v) is 12.5. The molecule has 8 aromatic rings. The number of benzene rings is 6. The van der Waals surface area contributed by atoms with E-state index in [1.165, 1.54) is 32.3 Å². The molecule has 0 unspecified atom stereocenters. The highest BCUT2D eigenvalue weighted by atomic mass is 15.1. The first-order valence-electron chi connectivity index (χ1n) is 12.5. The molecule has 0 fully saturated rings. The van der Waals surface area contributed by atoms with Crippen LogP contribution in [0.4, 0.5) is 0 Å². The third kappa shape index (κ3) is 2.95. The van der Waals surface area contributed by atoms with Crippen molar-refractivity contribution in [2.45, 2.75) is 0 Å². The Morgan fingerprint density at radius 1 is 0.432 bits per heavy atom. The Morgan fingerprint density at radius 2 is 0.946 bits per heavy atom. The lowest BCUT2D eigenvalue weighted by Gasteiger charge is -2.14. The zero-order chi connectivity index (χ0) is 24.3. The highest BCUT2D eigenvalue weighted by molar-refractivity contribution is 6.28. The predicted octanol–water partition coefficient (Wildman–Crippen LogP) is 8.70. The van der Waals surface area contributed by atoms with Crippen LogP contribution in [0.2, 0.25) is 0 Å². The number of aromatic nitrogens is 3. The Labute approximate surface area is 213 Å². The van der Waals surface area contributed by atoms with Gasteiger partial charge in [-0.05, 0) is 45.8 Å². The van der Waals surface area contributed by atoms with Crippen LogP contribution in [0.1, 0.15) is 0 Å². The average Bonchev–Trinajstić information content (AvgIpc) is 3.32. The molecule has 2 aromatic heterocycles. The highest BCUT2D eigenvalue weighted by Crippen LogP contribution is 2.41. The number of para-hydroxylation sites is 2. The summed E-state index contributed by atoms with van der Waals surface area (Å²) < 4.78 is 2.31. The fraction of sp³-hybridized carbons (Fsp3) is 0. The van der Waals surface area contributed by atoms with E-state index in [4.69, 9.17) is 9.97 Å². The van der Waals surface area contributed by atoms with E-state index in [1.807, 2.05) is 30.3 Å². The zero-order valence-electron chi connectivity index (χ0n) is 20.0. The van der Waals surface area contributed by atoms with Crippen molar-refractivity contribution in [1.29, 1.82) is 0 Å². The van der Waals surface area contributed by atoms with E-state index in [1.54, 1.807) is 0 Å². The lowest BCUT2D eigenvalue weighted by Crippen LogP contribution is -2.03. The monoisotopic (exact) mass is 471 g/mol. The van der Waals surface area contributed by atoms with Gasteiger partial charge in [-0.1, -0.05) is 103 Å². The van der Waals surface area contributed by atoms with Gasteiger partial charge in [0.1, 0.15) is 5.69 Å². The van der Waals surface area contributed by atoms with Crippen LogP contribution in [-0.2, 0) is 0 Å². The van der Waals surface area contributed by atoms with Gasteiger partial charge < -0.3 is 0 Å². The maximum absolute atomic E-state index is 5.25. The lowest BCUT2D eigenvalue weighted by molar-refractivity contribution is 1.08. The van der Waals surface area contributed by atoms with Gasteiger partial charge in [-0.25, -0.2) is 9.97 Å². The molecule has 172 valence electrons. The minimum absolute atomic E-state index is 0.843. The molecule has 6 aromatic carbocycles. The minimum Gasteiger partial charge on any atom is -0.292 e. The van der Waals surface area contributed by atoms with E-state index >= 15 is 0 Å². The smallest absolute Gasteiger partial charge is 0.165 e. The summed E-state index contributed by atoms with van der Waals surface area (Å²) >= 11 is 0. The van der Waals surface area contributed by atoms with Crippen molar-refractivity contribution in [2.75, 3.05) is 0 Å². The second kappa shape index (κ2) is 7.74. The van der Waals surface area contributed by atoms with Crippen molar-refractivity contribution in [1.82, 2.24) is 14.5 Å². The van der Waals surface area contributed by atoms with E-state index in [2.05, 4.69) is 102 Å². The standard InChI is InChI=1S/C34H21N3/c1-2-12-24(13-3-1)33-34(36-28-17-9-8-16-27(28)35-33)37-29-20-18-22-10-4-6-14-25(22)31(29)32-26-15-7-5-11-23(26)19-21-30(32)37/h1-21H. The largest absolute Gasteiger partial charge is 0.292 e. The van der Waals surface area contributed by atoms with Crippen LogP contribution < -0.4 is 0 Å². The van der Waals surface area contributed by atoms with E-state index < -0.39 is 0 Å². The summed E-state index contributed by atoms with van der Waals surface area (Å²) in [6.45, 7) is 0. The van der Waals surface area contributed by atoms with Crippen LogP contribution in [-0.4, -0.2) is 14.5 Å². The fourth-order valence-electron chi connectivity index (χ4n) is 5.71. The third-order valence-corrected chi connectivity index (χ3v) is 7.36. The summed E-state index contributed by atoms with van der Waals surface area (Å²) in [7, 11) is 0. The number of hydrogen-bond acceptors (Lipinski definition) is 2. The molecule has 0 saturated heterocycles. The number of nitrogens with zero attached hydrogens (tertiary/aromatic N) is 3. The average molecular weight is 472 g/mol. The summed E-state index contributed by atoms with van der Waals surface area (Å²) in [5.41, 5.74) is 5.96. The van der Waals surface area contributed by atoms with Crippen molar-refractivity contribution >= 4 is 54.4 Å². The molecule has 0 atom stereocenters. The van der Waals surface area contributed by atoms with Crippen LogP contribution in [0, 0.1) is 0 Å². The number of rotatable bonds is 2. The lowest BCUT2D eigenvalue weighted by atomic mass is 10.00. The van der Waals surface area contributed by atoms with Gasteiger partial charge in [0.2, 0.25) is 0 Å². The van der Waals surface area contributed by atoms with E-state index in [0.29, 0.717) is 0 Å². The van der Waals surface area contributed by atoms with E-state index in [9.17, 15) is 0 Å². The first kappa shape index (κ1) is 20.2. The summed E-state index contributed by atoms with van der Waals surface area (Å²) in [5.74, 6) is 0.843. The maximum Gasteiger partial charge on any atom is 0.165 e. The Bertz CT molecular complexity index is 2050. The predicted molar refractivity (Wildman–Crippen MR) is 154 cm³/mol. The van der Waals surface area contributed by atoms with Crippen molar-refractivity contribution in [2.24, 2.45) is 0 Å². The Morgan fingerprint density at radius 3 is 1.57 bits per heavy atom. The van der Waals surface area contributed by atoms with Gasteiger partial charge in [-0.3, -0.25) is 4.57 Å². The molecule has 0 aliphatic carbocycles. The van der Waals surface area contributed by atoms with Crippen molar-refractivity contribution < 1.29 is 0 Å². The second-order valence-electron chi connectivity index (χ2n) is 9.45. The van der Waals surface area contributed by atoms with Crippen LogP contribution >= 0.6 is 0 Å². The van der Waals surface area contributed by atoms with Gasteiger partial charge in [0.25, 0.3) is 0 Å². The molecule has 3 heteroatoms. The van der Waals surface area contributed by atoms with Gasteiger partial charge in [0.15, 0.2) is 5.82 Å².